The number of likely N-dealkylation sites (N-methyl/N-ethyl adjacent to an activating group) is 1. The molecule has 2 aliphatic heterocycles. The summed E-state index contributed by atoms with van der Waals surface area (Å²) in [5, 5.41) is 23.4. The Balaban J connectivity index is 1.26. The highest BCUT2D eigenvalue weighted by Gasteiger charge is 2.73. The molecular formula is C29H34N2O4S. The van der Waals surface area contributed by atoms with Crippen molar-refractivity contribution in [1.82, 2.24) is 9.80 Å². The third-order valence-corrected chi connectivity index (χ3v) is 10.7. The largest absolute Gasteiger partial charge is 0.504 e. The van der Waals surface area contributed by atoms with Gasteiger partial charge in [0.05, 0.1) is 17.1 Å². The Kier molecular flexibility index (Phi) is 4.96. The summed E-state index contributed by atoms with van der Waals surface area (Å²) in [6.07, 6.45) is 8.61. The van der Waals surface area contributed by atoms with Crippen molar-refractivity contribution >= 4 is 23.3 Å². The molecular weight excluding hydrogens is 472 g/mol. The van der Waals surface area contributed by atoms with Crippen LogP contribution in [-0.2, 0) is 16.6 Å². The molecule has 1 spiro atoms. The minimum absolute atomic E-state index is 0.0462. The van der Waals surface area contributed by atoms with E-state index in [-0.39, 0.29) is 29.8 Å². The lowest BCUT2D eigenvalue weighted by Gasteiger charge is -2.64. The standard InChI is InChI=1S/C29H34N2O4S/c1-17-3-7-20(36-17)8-10-24(33)30(2)21-11-12-29(34)23-15-19-6-9-22(32)26-25(19)28(29,27(21)35-26)13-14-31(23)16-18-4-5-18/h3,6-10,18,21,23,27,32,34H,4-5,11-16H2,1-2H3/b10-8+/t21-,23-,27+,28+,29-/m1/s1. The molecule has 190 valence electrons. The number of aromatic hydroxyl groups is 1. The molecule has 1 saturated heterocycles. The SMILES string of the molecule is Cc1ccc(/C=C/C(=O)N(C)[C@@H]2CC[C@@]3(O)[C@H]4Cc5ccc(O)c6c5[C@@]3(CCN4CC3CC3)[C@H]2O6)s1. The van der Waals surface area contributed by atoms with Crippen LogP contribution in [0.25, 0.3) is 6.08 Å². The van der Waals surface area contributed by atoms with E-state index >= 15 is 0 Å². The van der Waals surface area contributed by atoms with Gasteiger partial charge in [-0.3, -0.25) is 9.69 Å². The maximum atomic E-state index is 13.3. The molecule has 7 heteroatoms. The van der Waals surface area contributed by atoms with Gasteiger partial charge in [0, 0.05) is 41.0 Å². The summed E-state index contributed by atoms with van der Waals surface area (Å²) >= 11 is 1.67. The zero-order valence-electron chi connectivity index (χ0n) is 20.9. The molecule has 2 aromatic rings. The van der Waals surface area contributed by atoms with E-state index in [0.29, 0.717) is 18.6 Å². The maximum absolute atomic E-state index is 13.3. The summed E-state index contributed by atoms with van der Waals surface area (Å²) in [6, 6.07) is 7.72. The minimum atomic E-state index is -0.929. The number of thiophene rings is 1. The first-order valence-electron chi connectivity index (χ1n) is 13.3. The normalized spacial score (nSPS) is 34.5. The number of hydrogen-bond donors (Lipinski definition) is 2. The van der Waals surface area contributed by atoms with E-state index in [1.54, 1.807) is 28.4 Å². The van der Waals surface area contributed by atoms with Gasteiger partial charge >= 0.3 is 0 Å². The number of piperidine rings is 1. The van der Waals surface area contributed by atoms with E-state index < -0.39 is 11.0 Å². The van der Waals surface area contributed by atoms with Crippen molar-refractivity contribution in [2.75, 3.05) is 20.1 Å². The quantitative estimate of drug-likeness (QED) is 0.603. The van der Waals surface area contributed by atoms with Crippen molar-refractivity contribution in [3.8, 4) is 11.5 Å². The lowest BCUT2D eigenvalue weighted by atomic mass is 9.48. The molecule has 5 atom stereocenters. The molecule has 1 aromatic carbocycles. The van der Waals surface area contributed by atoms with Crippen LogP contribution < -0.4 is 4.74 Å². The summed E-state index contributed by atoms with van der Waals surface area (Å²) in [4.78, 5) is 19.9. The van der Waals surface area contributed by atoms with Crippen molar-refractivity contribution < 1.29 is 19.7 Å². The molecule has 1 amide bonds. The number of aryl methyl sites for hydroxylation is 1. The van der Waals surface area contributed by atoms with Gasteiger partial charge in [0.15, 0.2) is 11.5 Å². The number of aliphatic hydroxyl groups is 1. The molecule has 36 heavy (non-hydrogen) atoms. The van der Waals surface area contributed by atoms with Crippen LogP contribution in [0.2, 0.25) is 0 Å². The van der Waals surface area contributed by atoms with Crippen molar-refractivity contribution in [2.24, 2.45) is 5.92 Å². The van der Waals surface area contributed by atoms with E-state index in [1.807, 2.05) is 25.3 Å². The average molecular weight is 507 g/mol. The Labute approximate surface area is 216 Å². The first-order valence-corrected chi connectivity index (χ1v) is 14.1. The molecule has 2 bridgehead atoms. The van der Waals surface area contributed by atoms with Gasteiger partial charge in [0.2, 0.25) is 5.91 Å². The van der Waals surface area contributed by atoms with Gasteiger partial charge in [-0.1, -0.05) is 6.07 Å². The fraction of sp³-hybridized carbons (Fsp3) is 0.552. The number of hydrogen-bond acceptors (Lipinski definition) is 6. The first-order chi connectivity index (χ1) is 17.3. The number of carbonyl (C=O) groups is 1. The fourth-order valence-corrected chi connectivity index (χ4v) is 8.61. The molecule has 3 aliphatic carbocycles. The summed E-state index contributed by atoms with van der Waals surface area (Å²) in [5.41, 5.74) is 0.656. The molecule has 2 saturated carbocycles. The molecule has 5 aliphatic rings. The first kappa shape index (κ1) is 22.8. The molecule has 7 rings (SSSR count). The lowest BCUT2D eigenvalue weighted by molar-refractivity contribution is -0.200. The van der Waals surface area contributed by atoms with E-state index in [9.17, 15) is 15.0 Å². The van der Waals surface area contributed by atoms with E-state index in [2.05, 4.69) is 17.9 Å². The summed E-state index contributed by atoms with van der Waals surface area (Å²) in [5.74, 6) is 1.37. The monoisotopic (exact) mass is 506 g/mol. The highest BCUT2D eigenvalue weighted by Crippen LogP contribution is 2.66. The number of carbonyl (C=O) groups excluding carboxylic acids is 1. The van der Waals surface area contributed by atoms with Crippen LogP contribution in [0.5, 0.6) is 11.5 Å². The van der Waals surface area contributed by atoms with Crippen molar-refractivity contribution in [2.45, 2.75) is 74.7 Å². The number of likely N-dealkylation sites (tertiary alicyclic amines) is 1. The van der Waals surface area contributed by atoms with E-state index in [4.69, 9.17) is 4.74 Å². The molecule has 0 radical (unpaired) electrons. The van der Waals surface area contributed by atoms with Gasteiger partial charge < -0.3 is 19.8 Å². The highest BCUT2D eigenvalue weighted by atomic mass is 32.1. The van der Waals surface area contributed by atoms with E-state index in [1.165, 1.54) is 23.3 Å². The van der Waals surface area contributed by atoms with Gasteiger partial charge in [-0.2, -0.15) is 0 Å². The number of ether oxygens (including phenoxy) is 1. The third kappa shape index (κ3) is 3.06. The molecule has 3 heterocycles. The second-order valence-electron chi connectivity index (χ2n) is 11.6. The second-order valence-corrected chi connectivity index (χ2v) is 12.9. The molecule has 3 fully saturated rings. The number of phenols is 1. The van der Waals surface area contributed by atoms with Crippen molar-refractivity contribution in [3.63, 3.8) is 0 Å². The van der Waals surface area contributed by atoms with Crippen LogP contribution in [0.3, 0.4) is 0 Å². The number of amides is 1. The van der Waals surface area contributed by atoms with Crippen molar-refractivity contribution in [3.05, 3.63) is 51.2 Å². The van der Waals surface area contributed by atoms with Gasteiger partial charge in [-0.25, -0.2) is 0 Å². The number of rotatable bonds is 5. The Morgan fingerprint density at radius 1 is 1.25 bits per heavy atom. The number of nitrogens with zero attached hydrogens (tertiary/aromatic N) is 2. The van der Waals surface area contributed by atoms with Crippen LogP contribution in [0.1, 0.15) is 53.0 Å². The summed E-state index contributed by atoms with van der Waals surface area (Å²) in [7, 11) is 1.85. The van der Waals surface area contributed by atoms with Crippen molar-refractivity contribution in [1.29, 1.82) is 0 Å². The number of benzene rings is 1. The van der Waals surface area contributed by atoms with E-state index in [0.717, 1.165) is 42.3 Å². The second kappa shape index (κ2) is 7.83. The zero-order chi connectivity index (χ0) is 24.8. The number of phenolic OH excluding ortho intramolecular Hbond substituents is 1. The maximum Gasteiger partial charge on any atom is 0.246 e. The Morgan fingerprint density at radius 2 is 2.08 bits per heavy atom. The summed E-state index contributed by atoms with van der Waals surface area (Å²) < 4.78 is 6.61. The smallest absolute Gasteiger partial charge is 0.246 e. The lowest BCUT2D eigenvalue weighted by Crippen LogP contribution is -2.78. The van der Waals surface area contributed by atoms with Gasteiger partial charge in [-0.15, -0.1) is 11.3 Å². The third-order valence-electron chi connectivity index (χ3n) is 9.73. The van der Waals surface area contributed by atoms with Crippen LogP contribution in [0.4, 0.5) is 0 Å². The van der Waals surface area contributed by atoms with Crippen LogP contribution >= 0.6 is 11.3 Å². The Morgan fingerprint density at radius 3 is 2.83 bits per heavy atom. The zero-order valence-corrected chi connectivity index (χ0v) is 21.8. The Hall–Kier alpha value is -2.35. The van der Waals surface area contributed by atoms with Crippen LogP contribution in [0, 0.1) is 12.8 Å². The average Bonchev–Trinajstić information content (AvgIpc) is 3.46. The van der Waals surface area contributed by atoms with Crippen LogP contribution in [0.15, 0.2) is 30.3 Å². The predicted molar refractivity (Wildman–Crippen MR) is 139 cm³/mol. The summed E-state index contributed by atoms with van der Waals surface area (Å²) in [6.45, 7) is 4.04. The van der Waals surface area contributed by atoms with Gasteiger partial charge in [-0.05, 0) is 87.7 Å². The minimum Gasteiger partial charge on any atom is -0.504 e. The highest BCUT2D eigenvalue weighted by molar-refractivity contribution is 7.12. The fourth-order valence-electron chi connectivity index (χ4n) is 7.83. The molecule has 0 unspecified atom stereocenters. The Bertz CT molecular complexity index is 1270. The molecule has 6 nitrogen and oxygen atoms in total. The predicted octanol–water partition coefficient (Wildman–Crippen LogP) is 3.87. The molecule has 2 N–H and O–H groups in total. The van der Waals surface area contributed by atoms with Gasteiger partial charge in [0.25, 0.3) is 0 Å². The topological polar surface area (TPSA) is 73.2 Å². The van der Waals surface area contributed by atoms with Gasteiger partial charge in [0.1, 0.15) is 6.10 Å². The van der Waals surface area contributed by atoms with Crippen LogP contribution in [-0.4, -0.2) is 69.8 Å². The molecule has 1 aromatic heterocycles.